The molecule has 2 aliphatic rings. The van der Waals surface area contributed by atoms with E-state index in [9.17, 15) is 4.79 Å². The van der Waals surface area contributed by atoms with Crippen LogP contribution in [0.2, 0.25) is 0 Å². The van der Waals surface area contributed by atoms with Crippen LogP contribution in [0, 0.1) is 12.8 Å². The summed E-state index contributed by atoms with van der Waals surface area (Å²) in [5.74, 6) is 1.47. The van der Waals surface area contributed by atoms with E-state index in [1.165, 1.54) is 27.7 Å². The highest BCUT2D eigenvalue weighted by Crippen LogP contribution is 2.35. The maximum absolute atomic E-state index is 12.9. The van der Waals surface area contributed by atoms with Gasteiger partial charge in [0.15, 0.2) is 11.5 Å². The molecule has 0 saturated carbocycles. The average Bonchev–Trinajstić information content (AvgIpc) is 3.05. The van der Waals surface area contributed by atoms with Gasteiger partial charge in [0.05, 0.1) is 0 Å². The molecule has 5 nitrogen and oxygen atoms in total. The molecule has 1 aromatic heterocycles. The number of benzene rings is 2. The van der Waals surface area contributed by atoms with E-state index in [1.54, 1.807) is 0 Å². The quantitative estimate of drug-likeness (QED) is 0.724. The molecule has 2 N–H and O–H groups in total. The summed E-state index contributed by atoms with van der Waals surface area (Å²) in [6.45, 7) is 3.21. The largest absolute Gasteiger partial charge is 0.486 e. The first-order valence-corrected chi connectivity index (χ1v) is 9.48. The van der Waals surface area contributed by atoms with E-state index in [0.717, 1.165) is 30.7 Å². The Labute approximate surface area is 157 Å². The van der Waals surface area contributed by atoms with E-state index in [2.05, 4.69) is 35.4 Å². The van der Waals surface area contributed by atoms with Gasteiger partial charge in [0.2, 0.25) is 5.91 Å². The van der Waals surface area contributed by atoms with Gasteiger partial charge in [0.1, 0.15) is 13.2 Å². The molecule has 2 aromatic carbocycles. The molecule has 1 aliphatic heterocycles. The fourth-order valence-electron chi connectivity index (χ4n) is 4.12. The van der Waals surface area contributed by atoms with Gasteiger partial charge in [-0.3, -0.25) is 4.79 Å². The maximum Gasteiger partial charge on any atom is 0.227 e. The lowest BCUT2D eigenvalue weighted by atomic mass is 9.85. The Balaban J connectivity index is 1.36. The summed E-state index contributed by atoms with van der Waals surface area (Å²) in [6.07, 6.45) is 2.53. The Hall–Kier alpha value is -2.95. The van der Waals surface area contributed by atoms with Gasteiger partial charge in [-0.1, -0.05) is 11.6 Å². The van der Waals surface area contributed by atoms with Crippen molar-refractivity contribution >= 4 is 22.5 Å². The number of rotatable bonds is 2. The minimum absolute atomic E-state index is 0.0230. The number of carbonyl (C=O) groups excluding carboxylic acids is 1. The lowest BCUT2D eigenvalue weighted by Crippen LogP contribution is -2.28. The first-order chi connectivity index (χ1) is 13.2. The number of fused-ring (bicyclic) bond motifs is 4. The molecule has 1 amide bonds. The number of anilines is 1. The lowest BCUT2D eigenvalue weighted by Gasteiger charge is -2.23. The summed E-state index contributed by atoms with van der Waals surface area (Å²) in [5, 5.41) is 4.31. The van der Waals surface area contributed by atoms with Crippen molar-refractivity contribution in [1.29, 1.82) is 0 Å². The number of hydrogen-bond donors (Lipinski definition) is 2. The van der Waals surface area contributed by atoms with Gasteiger partial charge < -0.3 is 19.8 Å². The second kappa shape index (κ2) is 6.34. The van der Waals surface area contributed by atoms with Crippen molar-refractivity contribution in [2.75, 3.05) is 18.5 Å². The second-order valence-electron chi connectivity index (χ2n) is 7.42. The molecule has 0 radical (unpaired) electrons. The summed E-state index contributed by atoms with van der Waals surface area (Å²) in [6, 6.07) is 12.0. The molecule has 0 spiro atoms. The Morgan fingerprint density at radius 1 is 1.11 bits per heavy atom. The van der Waals surface area contributed by atoms with Crippen molar-refractivity contribution < 1.29 is 14.3 Å². The van der Waals surface area contributed by atoms with Gasteiger partial charge in [-0.05, 0) is 56.0 Å². The van der Waals surface area contributed by atoms with Crippen molar-refractivity contribution in [3.8, 4) is 11.5 Å². The predicted octanol–water partition coefficient (Wildman–Crippen LogP) is 3.99. The summed E-state index contributed by atoms with van der Waals surface area (Å²) in [7, 11) is 0. The standard InChI is InChI=1S/C22H22N2O3/c1-13-2-5-18-16(10-13)17-11-14(3-6-19(17)24-18)22(25)23-15-4-7-20-21(12-15)27-9-8-26-20/h2,4-5,7,10,12,14,24H,3,6,8-9,11H2,1H3,(H,23,25). The first-order valence-electron chi connectivity index (χ1n) is 9.48. The molecule has 1 atom stereocenters. The molecular weight excluding hydrogens is 340 g/mol. The second-order valence-corrected chi connectivity index (χ2v) is 7.42. The van der Waals surface area contributed by atoms with Crippen LogP contribution >= 0.6 is 0 Å². The molecule has 3 aromatic rings. The Kier molecular flexibility index (Phi) is 3.81. The zero-order valence-electron chi connectivity index (χ0n) is 15.3. The monoisotopic (exact) mass is 362 g/mol. The number of ether oxygens (including phenoxy) is 2. The topological polar surface area (TPSA) is 63.4 Å². The molecule has 5 heteroatoms. The minimum atomic E-state index is -0.0230. The maximum atomic E-state index is 12.9. The van der Waals surface area contributed by atoms with Crippen molar-refractivity contribution in [1.82, 2.24) is 4.98 Å². The molecule has 0 saturated heterocycles. The molecule has 2 heterocycles. The van der Waals surface area contributed by atoms with Crippen molar-refractivity contribution in [2.45, 2.75) is 26.2 Å². The van der Waals surface area contributed by atoms with Crippen LogP contribution in [0.5, 0.6) is 11.5 Å². The van der Waals surface area contributed by atoms with Gasteiger partial charge in [0.25, 0.3) is 0 Å². The molecule has 138 valence electrons. The summed E-state index contributed by atoms with van der Waals surface area (Å²) in [5.41, 5.74) is 5.73. The Morgan fingerprint density at radius 2 is 1.96 bits per heavy atom. The van der Waals surface area contributed by atoms with Crippen LogP contribution in [0.15, 0.2) is 36.4 Å². The van der Waals surface area contributed by atoms with E-state index >= 15 is 0 Å². The van der Waals surface area contributed by atoms with E-state index in [4.69, 9.17) is 9.47 Å². The number of hydrogen-bond acceptors (Lipinski definition) is 3. The van der Waals surface area contributed by atoms with Crippen molar-refractivity contribution in [2.24, 2.45) is 5.92 Å². The highest BCUT2D eigenvalue weighted by atomic mass is 16.6. The smallest absolute Gasteiger partial charge is 0.227 e. The SMILES string of the molecule is Cc1ccc2[nH]c3c(c2c1)CC(C(=O)Nc1ccc2c(c1)OCCO2)CC3. The molecule has 5 rings (SSSR count). The summed E-state index contributed by atoms with van der Waals surface area (Å²) in [4.78, 5) is 16.4. The molecular formula is C22H22N2O3. The van der Waals surface area contributed by atoms with Gasteiger partial charge >= 0.3 is 0 Å². The number of aromatic amines is 1. The van der Waals surface area contributed by atoms with Crippen LogP contribution in [-0.2, 0) is 17.6 Å². The van der Waals surface area contributed by atoms with Crippen LogP contribution in [0.25, 0.3) is 10.9 Å². The number of carbonyl (C=O) groups is 1. The zero-order chi connectivity index (χ0) is 18.4. The molecule has 1 unspecified atom stereocenters. The van der Waals surface area contributed by atoms with Crippen LogP contribution in [-0.4, -0.2) is 24.1 Å². The molecule has 1 aliphatic carbocycles. The van der Waals surface area contributed by atoms with E-state index < -0.39 is 0 Å². The van der Waals surface area contributed by atoms with Crippen LogP contribution in [0.1, 0.15) is 23.2 Å². The molecule has 0 fully saturated rings. The number of aromatic nitrogens is 1. The molecule has 0 bridgehead atoms. The number of aryl methyl sites for hydroxylation is 2. The van der Waals surface area contributed by atoms with Gasteiger partial charge in [0, 0.05) is 34.3 Å². The normalized spacial score (nSPS) is 18.2. The van der Waals surface area contributed by atoms with Gasteiger partial charge in [-0.15, -0.1) is 0 Å². The average molecular weight is 362 g/mol. The van der Waals surface area contributed by atoms with Crippen LogP contribution in [0.4, 0.5) is 5.69 Å². The third-order valence-corrected chi connectivity index (χ3v) is 5.52. The summed E-state index contributed by atoms with van der Waals surface area (Å²) < 4.78 is 11.1. The third kappa shape index (κ3) is 2.93. The third-order valence-electron chi connectivity index (χ3n) is 5.52. The highest BCUT2D eigenvalue weighted by molar-refractivity contribution is 5.94. The van der Waals surface area contributed by atoms with Crippen LogP contribution in [0.3, 0.4) is 0 Å². The van der Waals surface area contributed by atoms with Gasteiger partial charge in [-0.25, -0.2) is 0 Å². The fourth-order valence-corrected chi connectivity index (χ4v) is 4.12. The molecule has 27 heavy (non-hydrogen) atoms. The van der Waals surface area contributed by atoms with Crippen molar-refractivity contribution in [3.05, 3.63) is 53.2 Å². The fraction of sp³-hybridized carbons (Fsp3) is 0.318. The highest BCUT2D eigenvalue weighted by Gasteiger charge is 2.27. The first kappa shape index (κ1) is 16.2. The number of nitrogens with one attached hydrogen (secondary N) is 2. The lowest BCUT2D eigenvalue weighted by molar-refractivity contribution is -0.120. The number of amides is 1. The van der Waals surface area contributed by atoms with E-state index in [-0.39, 0.29) is 11.8 Å². The zero-order valence-corrected chi connectivity index (χ0v) is 15.3. The summed E-state index contributed by atoms with van der Waals surface area (Å²) >= 11 is 0. The Bertz CT molecular complexity index is 1040. The Morgan fingerprint density at radius 3 is 2.85 bits per heavy atom. The van der Waals surface area contributed by atoms with Gasteiger partial charge in [-0.2, -0.15) is 0 Å². The van der Waals surface area contributed by atoms with Crippen molar-refractivity contribution in [3.63, 3.8) is 0 Å². The predicted molar refractivity (Wildman–Crippen MR) is 105 cm³/mol. The number of H-pyrrole nitrogens is 1. The van der Waals surface area contributed by atoms with E-state index in [0.29, 0.717) is 19.0 Å². The minimum Gasteiger partial charge on any atom is -0.486 e. The van der Waals surface area contributed by atoms with Crippen LogP contribution < -0.4 is 14.8 Å². The van der Waals surface area contributed by atoms with E-state index in [1.807, 2.05) is 18.2 Å².